The molecule has 0 aliphatic rings. The predicted octanol–water partition coefficient (Wildman–Crippen LogP) is 6.04. The summed E-state index contributed by atoms with van der Waals surface area (Å²) in [6, 6.07) is 15.1. The summed E-state index contributed by atoms with van der Waals surface area (Å²) in [5.74, 6) is 1.51. The molecule has 0 atom stereocenters. The van der Waals surface area contributed by atoms with Crippen molar-refractivity contribution in [1.29, 1.82) is 0 Å². The second-order valence-electron chi connectivity index (χ2n) is 4.01. The van der Waals surface area contributed by atoms with Gasteiger partial charge in [0.2, 0.25) is 0 Å². The molecule has 2 aromatic carbocycles. The summed E-state index contributed by atoms with van der Waals surface area (Å²) in [6.07, 6.45) is 0. The van der Waals surface area contributed by atoms with Gasteiger partial charge in [0, 0.05) is 5.56 Å². The highest BCUT2D eigenvalue weighted by Gasteiger charge is 2.04. The Morgan fingerprint density at radius 3 is 1.95 bits per heavy atom. The topological polar surface area (TPSA) is 26.3 Å². The molecule has 0 aromatic heterocycles. The second kappa shape index (κ2) is 10.7. The number of hydrogen-bond acceptors (Lipinski definition) is 2. The largest absolute Gasteiger partial charge is 0.457 e. The molecule has 0 unspecified atom stereocenters. The Morgan fingerprint density at radius 2 is 1.43 bits per heavy atom. The third kappa shape index (κ3) is 6.75. The summed E-state index contributed by atoms with van der Waals surface area (Å²) in [6.45, 7) is 11.5. The summed E-state index contributed by atoms with van der Waals surface area (Å²) >= 11 is 0. The fourth-order valence-corrected chi connectivity index (χ4v) is 1.63. The van der Waals surface area contributed by atoms with Gasteiger partial charge in [-0.25, -0.2) is 0 Å². The standard InChI is InChI=1S/C15H14O2.2C2H6/c1-11-8-13(12(2)16)10-15(9-11)17-14-6-4-3-5-7-14;2*1-2/h3-10H,1-2H3;2*1-2H3. The molecule has 2 aromatic rings. The van der Waals surface area contributed by atoms with Crippen molar-refractivity contribution in [3.8, 4) is 11.5 Å². The van der Waals surface area contributed by atoms with E-state index in [1.54, 1.807) is 13.0 Å². The summed E-state index contributed by atoms with van der Waals surface area (Å²) in [4.78, 5) is 11.3. The van der Waals surface area contributed by atoms with Crippen LogP contribution in [-0.4, -0.2) is 5.78 Å². The van der Waals surface area contributed by atoms with Crippen molar-refractivity contribution in [3.63, 3.8) is 0 Å². The van der Waals surface area contributed by atoms with E-state index in [4.69, 9.17) is 4.74 Å². The Hall–Kier alpha value is -2.09. The molecule has 0 radical (unpaired) electrons. The summed E-state index contributed by atoms with van der Waals surface area (Å²) in [7, 11) is 0. The van der Waals surface area contributed by atoms with Gasteiger partial charge in [-0.3, -0.25) is 4.79 Å². The van der Waals surface area contributed by atoms with Gasteiger partial charge >= 0.3 is 0 Å². The molecule has 0 aliphatic heterocycles. The van der Waals surface area contributed by atoms with Crippen molar-refractivity contribution in [2.75, 3.05) is 0 Å². The van der Waals surface area contributed by atoms with Crippen LogP contribution in [0, 0.1) is 6.92 Å². The van der Waals surface area contributed by atoms with Gasteiger partial charge in [-0.15, -0.1) is 0 Å². The van der Waals surface area contributed by atoms with Crippen molar-refractivity contribution >= 4 is 5.78 Å². The summed E-state index contributed by atoms with van der Waals surface area (Å²) in [5.41, 5.74) is 1.69. The number of benzene rings is 2. The van der Waals surface area contributed by atoms with Gasteiger partial charge in [-0.2, -0.15) is 0 Å². The van der Waals surface area contributed by atoms with Gasteiger partial charge < -0.3 is 4.74 Å². The third-order valence-electron chi connectivity index (χ3n) is 2.44. The number of carbonyl (C=O) groups excluding carboxylic acids is 1. The highest BCUT2D eigenvalue weighted by molar-refractivity contribution is 5.94. The minimum absolute atomic E-state index is 0.0478. The van der Waals surface area contributed by atoms with E-state index in [0.29, 0.717) is 11.3 Å². The lowest BCUT2D eigenvalue weighted by molar-refractivity contribution is 0.101. The predicted molar refractivity (Wildman–Crippen MR) is 90.4 cm³/mol. The normalized spacial score (nSPS) is 8.67. The van der Waals surface area contributed by atoms with Crippen molar-refractivity contribution in [2.24, 2.45) is 0 Å². The van der Waals surface area contributed by atoms with Gasteiger partial charge in [0.25, 0.3) is 0 Å². The van der Waals surface area contributed by atoms with E-state index >= 15 is 0 Å². The zero-order valence-corrected chi connectivity index (χ0v) is 13.9. The lowest BCUT2D eigenvalue weighted by atomic mass is 10.1. The molecule has 2 nitrogen and oxygen atoms in total. The Kier molecular flexibility index (Phi) is 9.61. The maximum absolute atomic E-state index is 11.3. The van der Waals surface area contributed by atoms with Gasteiger partial charge in [-0.1, -0.05) is 45.9 Å². The van der Waals surface area contributed by atoms with Crippen molar-refractivity contribution in [2.45, 2.75) is 41.5 Å². The monoisotopic (exact) mass is 286 g/mol. The van der Waals surface area contributed by atoms with Crippen LogP contribution in [0.4, 0.5) is 0 Å². The van der Waals surface area contributed by atoms with Crippen molar-refractivity contribution < 1.29 is 9.53 Å². The molecule has 21 heavy (non-hydrogen) atoms. The molecule has 2 rings (SSSR count). The molecule has 114 valence electrons. The van der Waals surface area contributed by atoms with Crippen molar-refractivity contribution in [1.82, 2.24) is 0 Å². The van der Waals surface area contributed by atoms with E-state index in [-0.39, 0.29) is 5.78 Å². The van der Waals surface area contributed by atoms with Gasteiger partial charge in [-0.05, 0) is 49.7 Å². The van der Waals surface area contributed by atoms with Crippen LogP contribution >= 0.6 is 0 Å². The number of aryl methyl sites for hydroxylation is 1. The average molecular weight is 286 g/mol. The Morgan fingerprint density at radius 1 is 0.857 bits per heavy atom. The molecule has 0 heterocycles. The molecule has 0 bridgehead atoms. The number of para-hydroxylation sites is 1. The molecule has 0 saturated carbocycles. The molecule has 0 saturated heterocycles. The maximum atomic E-state index is 11.3. The third-order valence-corrected chi connectivity index (χ3v) is 2.44. The molecule has 0 fully saturated rings. The number of rotatable bonds is 3. The average Bonchev–Trinajstić information content (AvgIpc) is 2.51. The first-order valence-electron chi connectivity index (χ1n) is 7.51. The van der Waals surface area contributed by atoms with E-state index in [9.17, 15) is 4.79 Å². The first kappa shape index (κ1) is 18.9. The quantitative estimate of drug-likeness (QED) is 0.643. The minimum Gasteiger partial charge on any atom is -0.457 e. The zero-order valence-electron chi connectivity index (χ0n) is 13.9. The van der Waals surface area contributed by atoms with Crippen LogP contribution in [0.2, 0.25) is 0 Å². The van der Waals surface area contributed by atoms with E-state index in [2.05, 4.69) is 0 Å². The molecule has 2 heteroatoms. The fraction of sp³-hybridized carbons (Fsp3) is 0.316. The van der Waals surface area contributed by atoms with Crippen LogP contribution in [0.3, 0.4) is 0 Å². The van der Waals surface area contributed by atoms with Crippen LogP contribution in [0.25, 0.3) is 0 Å². The molecule has 0 amide bonds. The van der Waals surface area contributed by atoms with E-state index < -0.39 is 0 Å². The molecule has 0 aliphatic carbocycles. The van der Waals surface area contributed by atoms with E-state index in [0.717, 1.165) is 11.3 Å². The maximum Gasteiger partial charge on any atom is 0.159 e. The van der Waals surface area contributed by atoms with Crippen LogP contribution in [-0.2, 0) is 0 Å². The fourth-order valence-electron chi connectivity index (χ4n) is 1.63. The molecule has 0 N–H and O–H groups in total. The second-order valence-corrected chi connectivity index (χ2v) is 4.01. The summed E-state index contributed by atoms with van der Waals surface area (Å²) < 4.78 is 5.70. The highest BCUT2D eigenvalue weighted by atomic mass is 16.5. The first-order valence-corrected chi connectivity index (χ1v) is 7.51. The smallest absolute Gasteiger partial charge is 0.159 e. The van der Waals surface area contributed by atoms with Gasteiger partial charge in [0.15, 0.2) is 5.78 Å². The number of Topliss-reactive ketones (excluding diaryl/α,β-unsaturated/α-hetero) is 1. The van der Waals surface area contributed by atoms with Crippen LogP contribution in [0.5, 0.6) is 11.5 Å². The number of ether oxygens (including phenoxy) is 1. The number of hydrogen-bond donors (Lipinski definition) is 0. The van der Waals surface area contributed by atoms with Gasteiger partial charge in [0.1, 0.15) is 11.5 Å². The number of carbonyl (C=O) groups is 1. The number of ketones is 1. The van der Waals surface area contributed by atoms with Gasteiger partial charge in [0.05, 0.1) is 0 Å². The zero-order chi connectivity index (χ0) is 16.3. The lowest BCUT2D eigenvalue weighted by Crippen LogP contribution is -1.94. The lowest BCUT2D eigenvalue weighted by Gasteiger charge is -2.08. The van der Waals surface area contributed by atoms with Crippen LogP contribution in [0.1, 0.15) is 50.5 Å². The highest BCUT2D eigenvalue weighted by Crippen LogP contribution is 2.23. The van der Waals surface area contributed by atoms with E-state index in [1.807, 2.05) is 77.1 Å². The van der Waals surface area contributed by atoms with Crippen molar-refractivity contribution in [3.05, 3.63) is 59.7 Å². The molecular formula is C19H26O2. The molecule has 0 spiro atoms. The molecular weight excluding hydrogens is 260 g/mol. The minimum atomic E-state index is 0.0478. The Bertz CT molecular complexity index is 531. The summed E-state index contributed by atoms with van der Waals surface area (Å²) in [5, 5.41) is 0. The SMILES string of the molecule is CC.CC.CC(=O)c1cc(C)cc(Oc2ccccc2)c1. The van der Waals surface area contributed by atoms with E-state index in [1.165, 1.54) is 0 Å². The van der Waals surface area contributed by atoms with Crippen LogP contribution < -0.4 is 4.74 Å². The Labute approximate surface area is 128 Å². The Balaban J connectivity index is 0.000000921. The first-order chi connectivity index (χ1) is 10.1. The van der Waals surface area contributed by atoms with Crippen LogP contribution in [0.15, 0.2) is 48.5 Å².